The Bertz CT molecular complexity index is 1250. The fourth-order valence-corrected chi connectivity index (χ4v) is 4.02. The topological polar surface area (TPSA) is 79.8 Å². The second-order valence-electron chi connectivity index (χ2n) is 7.56. The van der Waals surface area contributed by atoms with Gasteiger partial charge in [-0.3, -0.25) is 4.79 Å². The number of anilines is 1. The van der Waals surface area contributed by atoms with Crippen molar-refractivity contribution >= 4 is 35.4 Å². The summed E-state index contributed by atoms with van der Waals surface area (Å²) in [5.41, 5.74) is -3.34. The van der Waals surface area contributed by atoms with Crippen molar-refractivity contribution in [3.8, 4) is 5.88 Å². The highest BCUT2D eigenvalue weighted by Crippen LogP contribution is 2.38. The lowest BCUT2D eigenvalue weighted by molar-refractivity contribution is -0.119. The SMILES string of the molecule is CC1C(=O)N(c2ccc(SC(F)(F)F)cc2)C(=O)N1Cc1ccnc(OC(=O)c2ccccc2)c1. The van der Waals surface area contributed by atoms with Gasteiger partial charge >= 0.3 is 17.5 Å². The number of thioether (sulfide) groups is 1. The second-order valence-corrected chi connectivity index (χ2v) is 8.70. The van der Waals surface area contributed by atoms with Crippen molar-refractivity contribution in [2.24, 2.45) is 0 Å². The van der Waals surface area contributed by atoms with Gasteiger partial charge in [-0.2, -0.15) is 13.2 Å². The smallest absolute Gasteiger partial charge is 0.404 e. The van der Waals surface area contributed by atoms with E-state index in [1.807, 2.05) is 0 Å². The molecule has 1 unspecified atom stereocenters. The molecule has 0 radical (unpaired) electrons. The van der Waals surface area contributed by atoms with Gasteiger partial charge in [0.15, 0.2) is 0 Å². The first kappa shape index (κ1) is 24.3. The molecule has 0 bridgehead atoms. The fourth-order valence-electron chi connectivity index (χ4n) is 3.48. The highest BCUT2D eigenvalue weighted by Gasteiger charge is 2.43. The van der Waals surface area contributed by atoms with Crippen molar-refractivity contribution in [3.05, 3.63) is 84.1 Å². The van der Waals surface area contributed by atoms with E-state index in [-0.39, 0.29) is 34.8 Å². The molecule has 180 valence electrons. The van der Waals surface area contributed by atoms with Crippen LogP contribution >= 0.6 is 11.8 Å². The van der Waals surface area contributed by atoms with Crippen LogP contribution in [0.4, 0.5) is 23.7 Å². The minimum atomic E-state index is -4.44. The zero-order valence-corrected chi connectivity index (χ0v) is 19.0. The van der Waals surface area contributed by atoms with Gasteiger partial charge in [0.2, 0.25) is 5.88 Å². The van der Waals surface area contributed by atoms with Gasteiger partial charge in [0.1, 0.15) is 6.04 Å². The number of esters is 1. The largest absolute Gasteiger partial charge is 0.446 e. The number of amides is 3. The molecule has 35 heavy (non-hydrogen) atoms. The van der Waals surface area contributed by atoms with Crippen LogP contribution < -0.4 is 9.64 Å². The molecular formula is C24H18F3N3O4S. The predicted octanol–water partition coefficient (Wildman–Crippen LogP) is 5.27. The van der Waals surface area contributed by atoms with Gasteiger partial charge in [0, 0.05) is 23.7 Å². The van der Waals surface area contributed by atoms with E-state index in [9.17, 15) is 27.6 Å². The molecule has 0 saturated carbocycles. The molecule has 2 heterocycles. The maximum atomic E-state index is 13.0. The van der Waals surface area contributed by atoms with Gasteiger partial charge in [0.25, 0.3) is 5.91 Å². The monoisotopic (exact) mass is 501 g/mol. The number of hydrogen-bond donors (Lipinski definition) is 0. The molecule has 1 atom stereocenters. The van der Waals surface area contributed by atoms with Gasteiger partial charge in [-0.25, -0.2) is 19.5 Å². The number of alkyl halides is 3. The van der Waals surface area contributed by atoms with Gasteiger partial charge in [-0.05, 0) is 66.7 Å². The Morgan fingerprint density at radius 3 is 2.40 bits per heavy atom. The predicted molar refractivity (Wildman–Crippen MR) is 122 cm³/mol. The number of nitrogens with zero attached hydrogens (tertiary/aromatic N) is 3. The number of urea groups is 1. The van der Waals surface area contributed by atoms with Gasteiger partial charge in [-0.1, -0.05) is 18.2 Å². The minimum absolute atomic E-state index is 0.0304. The van der Waals surface area contributed by atoms with Crippen LogP contribution in [0, 0.1) is 0 Å². The van der Waals surface area contributed by atoms with Crippen LogP contribution in [0.15, 0.2) is 77.8 Å². The maximum absolute atomic E-state index is 13.0. The highest BCUT2D eigenvalue weighted by molar-refractivity contribution is 8.00. The summed E-state index contributed by atoms with van der Waals surface area (Å²) in [4.78, 5) is 44.3. The quantitative estimate of drug-likeness (QED) is 0.260. The lowest BCUT2D eigenvalue weighted by Gasteiger charge is -2.19. The lowest BCUT2D eigenvalue weighted by Crippen LogP contribution is -2.33. The van der Waals surface area contributed by atoms with Crippen molar-refractivity contribution < 1.29 is 32.3 Å². The Morgan fingerprint density at radius 1 is 1.06 bits per heavy atom. The Kier molecular flexibility index (Phi) is 6.79. The van der Waals surface area contributed by atoms with E-state index in [1.54, 1.807) is 43.3 Å². The van der Waals surface area contributed by atoms with Gasteiger partial charge < -0.3 is 9.64 Å². The van der Waals surface area contributed by atoms with E-state index < -0.39 is 29.5 Å². The van der Waals surface area contributed by atoms with Crippen LogP contribution in [0.2, 0.25) is 0 Å². The van der Waals surface area contributed by atoms with Crippen molar-refractivity contribution in [1.82, 2.24) is 9.88 Å². The van der Waals surface area contributed by atoms with E-state index in [1.165, 1.54) is 41.4 Å². The molecule has 0 spiro atoms. The number of rotatable bonds is 6. The van der Waals surface area contributed by atoms with Crippen molar-refractivity contribution in [2.75, 3.05) is 4.90 Å². The molecule has 3 amide bonds. The number of benzene rings is 2. The molecule has 1 aliphatic rings. The first-order valence-corrected chi connectivity index (χ1v) is 11.2. The number of pyridine rings is 1. The molecular weight excluding hydrogens is 483 g/mol. The zero-order valence-electron chi connectivity index (χ0n) is 18.2. The molecule has 0 N–H and O–H groups in total. The Balaban J connectivity index is 1.47. The molecule has 0 aliphatic carbocycles. The molecule has 4 rings (SSSR count). The summed E-state index contributed by atoms with van der Waals surface area (Å²) in [7, 11) is 0. The third-order valence-electron chi connectivity index (χ3n) is 5.17. The number of aromatic nitrogens is 1. The van der Waals surface area contributed by atoms with E-state index in [2.05, 4.69) is 4.98 Å². The molecule has 1 aliphatic heterocycles. The van der Waals surface area contributed by atoms with Crippen LogP contribution in [0.5, 0.6) is 5.88 Å². The second kappa shape index (κ2) is 9.79. The molecule has 3 aromatic rings. The average Bonchev–Trinajstić information content (AvgIpc) is 3.02. The minimum Gasteiger partial charge on any atom is -0.404 e. The number of carbonyl (C=O) groups excluding carboxylic acids is 3. The molecule has 1 aromatic heterocycles. The molecule has 1 fully saturated rings. The number of hydrogen-bond acceptors (Lipinski definition) is 6. The number of carbonyl (C=O) groups is 3. The lowest BCUT2D eigenvalue weighted by atomic mass is 10.2. The summed E-state index contributed by atoms with van der Waals surface area (Å²) < 4.78 is 43.0. The van der Waals surface area contributed by atoms with Crippen LogP contribution in [-0.4, -0.2) is 39.3 Å². The Labute approximate surface area is 202 Å². The third-order valence-corrected chi connectivity index (χ3v) is 5.91. The molecule has 7 nitrogen and oxygen atoms in total. The van der Waals surface area contributed by atoms with Crippen LogP contribution in [0.1, 0.15) is 22.8 Å². The van der Waals surface area contributed by atoms with Crippen LogP contribution in [0.3, 0.4) is 0 Å². The van der Waals surface area contributed by atoms with E-state index in [0.29, 0.717) is 11.1 Å². The zero-order chi connectivity index (χ0) is 25.2. The fraction of sp³-hybridized carbons (Fsp3) is 0.167. The van der Waals surface area contributed by atoms with Crippen molar-refractivity contribution in [2.45, 2.75) is 29.9 Å². The summed E-state index contributed by atoms with van der Waals surface area (Å²) >= 11 is -0.280. The first-order chi connectivity index (χ1) is 16.6. The normalized spacial score (nSPS) is 16.1. The van der Waals surface area contributed by atoms with Gasteiger partial charge in [-0.15, -0.1) is 0 Å². The van der Waals surface area contributed by atoms with Gasteiger partial charge in [0.05, 0.1) is 11.3 Å². The van der Waals surface area contributed by atoms with E-state index in [4.69, 9.17) is 4.74 Å². The molecule has 11 heteroatoms. The summed E-state index contributed by atoms with van der Waals surface area (Å²) in [6, 6.07) is 15.1. The van der Waals surface area contributed by atoms with E-state index in [0.717, 1.165) is 4.90 Å². The van der Waals surface area contributed by atoms with Crippen molar-refractivity contribution in [1.29, 1.82) is 0 Å². The number of ether oxygens (including phenoxy) is 1. The number of halogens is 3. The maximum Gasteiger partial charge on any atom is 0.446 e. The summed E-state index contributed by atoms with van der Waals surface area (Å²) in [5.74, 6) is -1.05. The highest BCUT2D eigenvalue weighted by atomic mass is 32.2. The summed E-state index contributed by atoms with van der Waals surface area (Å²) in [6.45, 7) is 1.59. The van der Waals surface area contributed by atoms with Crippen LogP contribution in [0.25, 0.3) is 0 Å². The van der Waals surface area contributed by atoms with Crippen LogP contribution in [-0.2, 0) is 11.3 Å². The summed E-state index contributed by atoms with van der Waals surface area (Å²) in [5, 5.41) is 0. The number of imide groups is 1. The standard InChI is InChI=1S/C24H18F3N3O4S/c1-15-21(31)30(18-7-9-19(10-8-18)35-24(25,26)27)23(33)29(15)14-16-11-12-28-20(13-16)34-22(32)17-5-3-2-4-6-17/h2-13,15H,14H2,1H3. The summed E-state index contributed by atoms with van der Waals surface area (Å²) in [6.07, 6.45) is 1.42. The molecule has 2 aromatic carbocycles. The van der Waals surface area contributed by atoms with E-state index >= 15 is 0 Å². The average molecular weight is 501 g/mol. The Hall–Kier alpha value is -3.86. The third kappa shape index (κ3) is 5.62. The first-order valence-electron chi connectivity index (χ1n) is 10.3. The molecule has 1 saturated heterocycles. The van der Waals surface area contributed by atoms with Crippen molar-refractivity contribution in [3.63, 3.8) is 0 Å². The Morgan fingerprint density at radius 2 is 1.74 bits per heavy atom.